The van der Waals surface area contributed by atoms with Gasteiger partial charge in [0, 0.05) is 41.9 Å². The molecular formula is C16H22ClNO2S. The molecule has 1 saturated carbocycles. The molecule has 1 aromatic rings. The van der Waals surface area contributed by atoms with Crippen molar-refractivity contribution in [1.82, 2.24) is 5.32 Å². The van der Waals surface area contributed by atoms with E-state index in [9.17, 15) is 4.79 Å². The smallest absolute Gasteiger partial charge is 0.220 e. The van der Waals surface area contributed by atoms with Gasteiger partial charge in [-0.25, -0.2) is 0 Å². The number of rotatable bonds is 10. The highest BCUT2D eigenvalue weighted by Crippen LogP contribution is 2.28. The Morgan fingerprint density at radius 1 is 1.33 bits per heavy atom. The van der Waals surface area contributed by atoms with Gasteiger partial charge in [0.2, 0.25) is 5.91 Å². The molecule has 0 unspecified atom stereocenters. The first kappa shape index (κ1) is 16.7. The molecule has 0 spiro atoms. The fraction of sp³-hybridized carbons (Fsp3) is 0.562. The molecule has 0 saturated heterocycles. The summed E-state index contributed by atoms with van der Waals surface area (Å²) < 4.78 is 5.52. The standard InChI is InChI=1S/C16H22ClNO2S/c17-14-4-6-15(7-5-14)21-11-8-16(19)18-9-1-10-20-12-13-2-3-13/h4-7,13H,1-3,8-12H2,(H,18,19). The molecule has 1 aromatic carbocycles. The number of halogens is 1. The maximum Gasteiger partial charge on any atom is 0.220 e. The minimum atomic E-state index is 0.110. The molecule has 0 aliphatic heterocycles. The zero-order valence-electron chi connectivity index (χ0n) is 12.1. The number of nitrogens with one attached hydrogen (secondary N) is 1. The van der Waals surface area contributed by atoms with Crippen molar-refractivity contribution in [2.45, 2.75) is 30.6 Å². The van der Waals surface area contributed by atoms with Gasteiger partial charge in [-0.2, -0.15) is 0 Å². The minimum Gasteiger partial charge on any atom is -0.381 e. The normalized spacial score (nSPS) is 14.1. The third kappa shape index (κ3) is 7.74. The summed E-state index contributed by atoms with van der Waals surface area (Å²) in [5, 5.41) is 3.67. The molecule has 0 bridgehead atoms. The number of carbonyl (C=O) groups is 1. The minimum absolute atomic E-state index is 0.110. The van der Waals surface area contributed by atoms with Gasteiger partial charge in [0.1, 0.15) is 0 Å². The molecule has 1 fully saturated rings. The third-order valence-electron chi connectivity index (χ3n) is 3.25. The van der Waals surface area contributed by atoms with E-state index in [1.165, 1.54) is 12.8 Å². The van der Waals surface area contributed by atoms with Crippen LogP contribution in [0.25, 0.3) is 0 Å². The fourth-order valence-corrected chi connectivity index (χ4v) is 2.80. The third-order valence-corrected chi connectivity index (χ3v) is 4.52. The zero-order valence-corrected chi connectivity index (χ0v) is 13.7. The van der Waals surface area contributed by atoms with Gasteiger partial charge in [-0.05, 0) is 49.4 Å². The van der Waals surface area contributed by atoms with Gasteiger partial charge >= 0.3 is 0 Å². The molecule has 21 heavy (non-hydrogen) atoms. The molecule has 1 N–H and O–H groups in total. The Kier molecular flexibility index (Phi) is 7.41. The van der Waals surface area contributed by atoms with Crippen LogP contribution in [-0.4, -0.2) is 31.4 Å². The summed E-state index contributed by atoms with van der Waals surface area (Å²) in [7, 11) is 0. The van der Waals surface area contributed by atoms with Crippen LogP contribution in [0.4, 0.5) is 0 Å². The Morgan fingerprint density at radius 2 is 2.10 bits per heavy atom. The summed E-state index contributed by atoms with van der Waals surface area (Å²) in [6.45, 7) is 2.34. The second-order valence-corrected chi connectivity index (χ2v) is 6.88. The highest BCUT2D eigenvalue weighted by Gasteiger charge is 2.20. The largest absolute Gasteiger partial charge is 0.381 e. The van der Waals surface area contributed by atoms with Crippen LogP contribution in [0, 0.1) is 5.92 Å². The maximum absolute atomic E-state index is 11.7. The van der Waals surface area contributed by atoms with Gasteiger partial charge in [0.15, 0.2) is 0 Å². The first-order valence-corrected chi connectivity index (χ1v) is 8.83. The predicted octanol–water partition coefficient (Wildman–Crippen LogP) is 3.76. The highest BCUT2D eigenvalue weighted by atomic mass is 35.5. The molecule has 0 heterocycles. The first-order chi connectivity index (χ1) is 10.2. The summed E-state index contributed by atoms with van der Waals surface area (Å²) in [5.74, 6) is 1.70. The Balaban J connectivity index is 1.44. The van der Waals surface area contributed by atoms with E-state index in [0.29, 0.717) is 13.0 Å². The summed E-state index contributed by atoms with van der Waals surface area (Å²) in [5.41, 5.74) is 0. The Hall–Kier alpha value is -0.710. The van der Waals surface area contributed by atoms with E-state index in [0.717, 1.165) is 41.2 Å². The van der Waals surface area contributed by atoms with Gasteiger partial charge in [-0.1, -0.05) is 11.6 Å². The van der Waals surface area contributed by atoms with Crippen LogP contribution in [0.15, 0.2) is 29.2 Å². The van der Waals surface area contributed by atoms with Crippen LogP contribution >= 0.6 is 23.4 Å². The number of thioether (sulfide) groups is 1. The predicted molar refractivity (Wildman–Crippen MR) is 88.0 cm³/mol. The van der Waals surface area contributed by atoms with Crippen LogP contribution in [0.3, 0.4) is 0 Å². The van der Waals surface area contributed by atoms with E-state index in [-0.39, 0.29) is 5.91 Å². The van der Waals surface area contributed by atoms with E-state index >= 15 is 0 Å². The molecule has 0 aromatic heterocycles. The summed E-state index contributed by atoms with van der Waals surface area (Å²) in [6.07, 6.45) is 4.07. The average Bonchev–Trinajstić information content (AvgIpc) is 3.29. The van der Waals surface area contributed by atoms with Crippen LogP contribution in [-0.2, 0) is 9.53 Å². The Labute approximate surface area is 135 Å². The van der Waals surface area contributed by atoms with E-state index in [1.807, 2.05) is 24.3 Å². The lowest BCUT2D eigenvalue weighted by molar-refractivity contribution is -0.120. The number of ether oxygens (including phenoxy) is 1. The Bertz CT molecular complexity index is 434. The van der Waals surface area contributed by atoms with E-state index < -0.39 is 0 Å². The molecule has 5 heteroatoms. The molecule has 1 aliphatic carbocycles. The lowest BCUT2D eigenvalue weighted by Gasteiger charge is -2.06. The van der Waals surface area contributed by atoms with Crippen molar-refractivity contribution >= 4 is 29.3 Å². The first-order valence-electron chi connectivity index (χ1n) is 7.47. The van der Waals surface area contributed by atoms with E-state index in [4.69, 9.17) is 16.3 Å². The maximum atomic E-state index is 11.7. The van der Waals surface area contributed by atoms with Crippen molar-refractivity contribution in [2.24, 2.45) is 5.92 Å². The van der Waals surface area contributed by atoms with Gasteiger partial charge in [0.05, 0.1) is 0 Å². The number of amides is 1. The molecule has 1 amide bonds. The monoisotopic (exact) mass is 327 g/mol. The van der Waals surface area contributed by atoms with Crippen molar-refractivity contribution in [3.8, 4) is 0 Å². The van der Waals surface area contributed by atoms with Crippen molar-refractivity contribution in [1.29, 1.82) is 0 Å². The van der Waals surface area contributed by atoms with Crippen LogP contribution in [0.2, 0.25) is 5.02 Å². The average molecular weight is 328 g/mol. The lowest BCUT2D eigenvalue weighted by atomic mass is 10.4. The molecule has 1 aliphatic rings. The van der Waals surface area contributed by atoms with Crippen molar-refractivity contribution in [3.63, 3.8) is 0 Å². The second kappa shape index (κ2) is 9.34. The second-order valence-electron chi connectivity index (χ2n) is 5.27. The van der Waals surface area contributed by atoms with Crippen LogP contribution < -0.4 is 5.32 Å². The molecular weight excluding hydrogens is 306 g/mol. The molecule has 2 rings (SSSR count). The van der Waals surface area contributed by atoms with Gasteiger partial charge in [-0.3, -0.25) is 4.79 Å². The SMILES string of the molecule is O=C(CCSc1ccc(Cl)cc1)NCCCOCC1CC1. The van der Waals surface area contributed by atoms with Gasteiger partial charge in [-0.15, -0.1) is 11.8 Å². The summed E-state index contributed by atoms with van der Waals surface area (Å²) >= 11 is 7.50. The van der Waals surface area contributed by atoms with E-state index in [2.05, 4.69) is 5.32 Å². The summed E-state index contributed by atoms with van der Waals surface area (Å²) in [6, 6.07) is 7.68. The molecule has 116 valence electrons. The van der Waals surface area contributed by atoms with Crippen molar-refractivity contribution in [3.05, 3.63) is 29.3 Å². The van der Waals surface area contributed by atoms with Crippen molar-refractivity contribution in [2.75, 3.05) is 25.5 Å². The molecule has 3 nitrogen and oxygen atoms in total. The fourth-order valence-electron chi connectivity index (χ4n) is 1.82. The number of carbonyl (C=O) groups excluding carboxylic acids is 1. The Morgan fingerprint density at radius 3 is 2.81 bits per heavy atom. The van der Waals surface area contributed by atoms with E-state index in [1.54, 1.807) is 11.8 Å². The van der Waals surface area contributed by atoms with Crippen molar-refractivity contribution < 1.29 is 9.53 Å². The molecule has 0 radical (unpaired) electrons. The zero-order chi connectivity index (χ0) is 14.9. The van der Waals surface area contributed by atoms with Gasteiger partial charge < -0.3 is 10.1 Å². The quantitative estimate of drug-likeness (QED) is 0.525. The number of benzene rings is 1. The number of hydrogen-bond donors (Lipinski definition) is 1. The van der Waals surface area contributed by atoms with Crippen LogP contribution in [0.1, 0.15) is 25.7 Å². The van der Waals surface area contributed by atoms with Crippen LogP contribution in [0.5, 0.6) is 0 Å². The molecule has 0 atom stereocenters. The summed E-state index contributed by atoms with van der Waals surface area (Å²) in [4.78, 5) is 12.8. The highest BCUT2D eigenvalue weighted by molar-refractivity contribution is 7.99. The topological polar surface area (TPSA) is 38.3 Å². The van der Waals surface area contributed by atoms with Gasteiger partial charge in [0.25, 0.3) is 0 Å². The number of hydrogen-bond acceptors (Lipinski definition) is 3. The lowest BCUT2D eigenvalue weighted by Crippen LogP contribution is -2.25.